The molecule has 0 aliphatic heterocycles. The van der Waals surface area contributed by atoms with Gasteiger partial charge in [-0.05, 0) is 49.7 Å². The second-order valence-corrected chi connectivity index (χ2v) is 5.35. The molecule has 0 amide bonds. The highest BCUT2D eigenvalue weighted by Gasteiger charge is 2.10. The number of aryl methyl sites for hydroxylation is 2. The van der Waals surface area contributed by atoms with Crippen LogP contribution in [0, 0.1) is 29.8 Å². The van der Waals surface area contributed by atoms with Gasteiger partial charge in [-0.25, -0.2) is 4.39 Å². The van der Waals surface area contributed by atoms with Gasteiger partial charge in [-0.3, -0.25) is 15.1 Å². The van der Waals surface area contributed by atoms with Gasteiger partial charge < -0.3 is 5.32 Å². The largest absolute Gasteiger partial charge is 0.355 e. The van der Waals surface area contributed by atoms with Crippen molar-refractivity contribution >= 4 is 28.0 Å². The molecule has 0 saturated heterocycles. The van der Waals surface area contributed by atoms with Gasteiger partial charge in [-0.15, -0.1) is 0 Å². The Balaban J connectivity index is 2.08. The number of hydrogen-bond donors (Lipinski definition) is 1. The fraction of sp³-hybridized carbons (Fsp3) is 0.118. The zero-order valence-corrected chi connectivity index (χ0v) is 12.6. The summed E-state index contributed by atoms with van der Waals surface area (Å²) >= 11 is 0. The Labute approximate surface area is 131 Å². The fourth-order valence-electron chi connectivity index (χ4n) is 2.48. The first-order chi connectivity index (χ1) is 10.9. The van der Waals surface area contributed by atoms with Crippen LogP contribution in [0.2, 0.25) is 0 Å². The maximum atomic E-state index is 13.5. The van der Waals surface area contributed by atoms with Gasteiger partial charge in [0.25, 0.3) is 5.69 Å². The Morgan fingerprint density at radius 1 is 1.09 bits per heavy atom. The second kappa shape index (κ2) is 5.64. The molecule has 2 aromatic carbocycles. The van der Waals surface area contributed by atoms with Crippen LogP contribution in [0.3, 0.4) is 0 Å². The van der Waals surface area contributed by atoms with Crippen LogP contribution in [0.1, 0.15) is 11.3 Å². The van der Waals surface area contributed by atoms with Crippen LogP contribution in [0.5, 0.6) is 0 Å². The van der Waals surface area contributed by atoms with Crippen LogP contribution in [0.15, 0.2) is 42.5 Å². The molecule has 0 saturated carbocycles. The molecule has 116 valence electrons. The van der Waals surface area contributed by atoms with E-state index in [4.69, 9.17) is 0 Å². The maximum Gasteiger partial charge on any atom is 0.269 e. The van der Waals surface area contributed by atoms with E-state index in [1.165, 1.54) is 24.3 Å². The van der Waals surface area contributed by atoms with Crippen molar-refractivity contribution in [2.45, 2.75) is 13.8 Å². The molecule has 23 heavy (non-hydrogen) atoms. The first-order valence-electron chi connectivity index (χ1n) is 7.03. The van der Waals surface area contributed by atoms with E-state index in [0.717, 1.165) is 16.9 Å². The maximum absolute atomic E-state index is 13.5. The Morgan fingerprint density at radius 3 is 2.57 bits per heavy atom. The van der Waals surface area contributed by atoms with Gasteiger partial charge in [0, 0.05) is 34.6 Å². The van der Waals surface area contributed by atoms with E-state index in [1.54, 1.807) is 19.1 Å². The molecular weight excluding hydrogens is 297 g/mol. The molecule has 1 N–H and O–H groups in total. The lowest BCUT2D eigenvalue weighted by Gasteiger charge is -2.13. The van der Waals surface area contributed by atoms with Gasteiger partial charge in [0.1, 0.15) is 5.82 Å². The van der Waals surface area contributed by atoms with Gasteiger partial charge in [-0.2, -0.15) is 0 Å². The lowest BCUT2D eigenvalue weighted by molar-refractivity contribution is -0.384. The summed E-state index contributed by atoms with van der Waals surface area (Å²) < 4.78 is 13.5. The van der Waals surface area contributed by atoms with E-state index in [1.807, 2.05) is 13.0 Å². The van der Waals surface area contributed by atoms with E-state index in [-0.39, 0.29) is 11.5 Å². The van der Waals surface area contributed by atoms with Crippen molar-refractivity contribution in [3.8, 4) is 0 Å². The topological polar surface area (TPSA) is 68.1 Å². The summed E-state index contributed by atoms with van der Waals surface area (Å²) in [5, 5.41) is 14.7. The number of anilines is 2. The molecule has 0 aliphatic carbocycles. The Bertz CT molecular complexity index is 925. The molecule has 1 heterocycles. The highest BCUT2D eigenvalue weighted by molar-refractivity contribution is 5.93. The number of nitrogens with one attached hydrogen (secondary N) is 1. The normalized spacial score (nSPS) is 10.7. The predicted octanol–water partition coefficient (Wildman–Crippen LogP) is 4.64. The molecule has 1 aromatic heterocycles. The number of halogens is 1. The van der Waals surface area contributed by atoms with Crippen molar-refractivity contribution in [1.29, 1.82) is 0 Å². The number of nitrogens with zero attached hydrogens (tertiary/aromatic N) is 2. The summed E-state index contributed by atoms with van der Waals surface area (Å²) in [6, 6.07) is 10.8. The Kier molecular flexibility index (Phi) is 3.65. The van der Waals surface area contributed by atoms with Crippen molar-refractivity contribution < 1.29 is 9.31 Å². The van der Waals surface area contributed by atoms with Gasteiger partial charge in [0.2, 0.25) is 0 Å². The number of aromatic nitrogens is 1. The van der Waals surface area contributed by atoms with Crippen molar-refractivity contribution in [3.63, 3.8) is 0 Å². The van der Waals surface area contributed by atoms with E-state index in [9.17, 15) is 14.5 Å². The van der Waals surface area contributed by atoms with Crippen LogP contribution in [0.4, 0.5) is 21.5 Å². The lowest BCUT2D eigenvalue weighted by atomic mass is 10.1. The molecule has 0 atom stereocenters. The number of hydrogen-bond acceptors (Lipinski definition) is 4. The summed E-state index contributed by atoms with van der Waals surface area (Å²) in [6.07, 6.45) is 0. The molecule has 0 spiro atoms. The number of fused-ring (bicyclic) bond motifs is 1. The molecule has 5 nitrogen and oxygen atoms in total. The zero-order chi connectivity index (χ0) is 16.6. The average molecular weight is 311 g/mol. The Hall–Kier alpha value is -3.02. The van der Waals surface area contributed by atoms with Crippen LogP contribution < -0.4 is 5.32 Å². The van der Waals surface area contributed by atoms with Crippen molar-refractivity contribution in [2.75, 3.05) is 5.32 Å². The summed E-state index contributed by atoms with van der Waals surface area (Å²) in [7, 11) is 0. The van der Waals surface area contributed by atoms with Gasteiger partial charge in [0.05, 0.1) is 10.4 Å². The van der Waals surface area contributed by atoms with Crippen LogP contribution >= 0.6 is 0 Å². The third-order valence-electron chi connectivity index (χ3n) is 3.59. The minimum Gasteiger partial charge on any atom is -0.355 e. The molecule has 0 radical (unpaired) electrons. The molecule has 0 unspecified atom stereocenters. The second-order valence-electron chi connectivity index (χ2n) is 5.35. The van der Waals surface area contributed by atoms with Gasteiger partial charge >= 0.3 is 0 Å². The summed E-state index contributed by atoms with van der Waals surface area (Å²) in [5.74, 6) is -0.341. The first-order valence-corrected chi connectivity index (χ1v) is 7.03. The van der Waals surface area contributed by atoms with E-state index in [0.29, 0.717) is 16.6 Å². The minimum atomic E-state index is -0.432. The summed E-state index contributed by atoms with van der Waals surface area (Å²) in [5.41, 5.74) is 3.70. The number of nitro groups is 1. The summed E-state index contributed by atoms with van der Waals surface area (Å²) in [6.45, 7) is 3.64. The standard InChI is InChI=1S/C17H14FN3O2/c1-10-7-13(21(22)23)4-6-15(10)20-17-8-11(2)19-16-5-3-12(18)9-14(16)17/h3-9H,1-2H3,(H,19,20). The van der Waals surface area contributed by atoms with Crippen LogP contribution in [-0.2, 0) is 0 Å². The number of rotatable bonds is 3. The molecule has 0 fully saturated rings. The van der Waals surface area contributed by atoms with E-state index < -0.39 is 4.92 Å². The minimum absolute atomic E-state index is 0.0369. The third kappa shape index (κ3) is 2.96. The fourth-order valence-corrected chi connectivity index (χ4v) is 2.48. The number of pyridine rings is 1. The highest BCUT2D eigenvalue weighted by Crippen LogP contribution is 2.30. The van der Waals surface area contributed by atoms with Crippen LogP contribution in [-0.4, -0.2) is 9.91 Å². The van der Waals surface area contributed by atoms with E-state index in [2.05, 4.69) is 10.3 Å². The quantitative estimate of drug-likeness (QED) is 0.565. The molecule has 0 aliphatic rings. The van der Waals surface area contributed by atoms with Crippen molar-refractivity contribution in [3.05, 3.63) is 69.7 Å². The monoisotopic (exact) mass is 311 g/mol. The number of benzene rings is 2. The zero-order valence-electron chi connectivity index (χ0n) is 12.6. The Morgan fingerprint density at radius 2 is 1.87 bits per heavy atom. The lowest BCUT2D eigenvalue weighted by Crippen LogP contribution is -1.98. The summed E-state index contributed by atoms with van der Waals surface area (Å²) in [4.78, 5) is 14.8. The molecular formula is C17H14FN3O2. The van der Waals surface area contributed by atoms with Gasteiger partial charge in [0.15, 0.2) is 0 Å². The SMILES string of the molecule is Cc1cc(Nc2ccc([N+](=O)[O-])cc2C)c2cc(F)ccc2n1. The molecule has 6 heteroatoms. The molecule has 0 bridgehead atoms. The number of non-ortho nitro benzene ring substituents is 1. The number of nitro benzene ring substituents is 1. The van der Waals surface area contributed by atoms with Crippen LogP contribution in [0.25, 0.3) is 10.9 Å². The van der Waals surface area contributed by atoms with Crippen molar-refractivity contribution in [1.82, 2.24) is 4.98 Å². The third-order valence-corrected chi connectivity index (χ3v) is 3.59. The highest BCUT2D eigenvalue weighted by atomic mass is 19.1. The first kappa shape index (κ1) is 14.9. The van der Waals surface area contributed by atoms with Crippen molar-refractivity contribution in [2.24, 2.45) is 0 Å². The van der Waals surface area contributed by atoms with Gasteiger partial charge in [-0.1, -0.05) is 0 Å². The van der Waals surface area contributed by atoms with E-state index >= 15 is 0 Å². The molecule has 3 rings (SSSR count). The smallest absolute Gasteiger partial charge is 0.269 e. The average Bonchev–Trinajstić information content (AvgIpc) is 2.49. The predicted molar refractivity (Wildman–Crippen MR) is 87.6 cm³/mol. The molecule has 3 aromatic rings.